The van der Waals surface area contributed by atoms with Crippen LogP contribution in [0.15, 0.2) is 30.5 Å². The van der Waals surface area contributed by atoms with Crippen LogP contribution in [0, 0.1) is 6.92 Å². The van der Waals surface area contributed by atoms with Crippen LogP contribution in [-0.2, 0) is 6.54 Å². The summed E-state index contributed by atoms with van der Waals surface area (Å²) in [6, 6.07) is 8.26. The second-order valence-electron chi connectivity index (χ2n) is 3.63. The molecular formula is C11H14N4. The van der Waals surface area contributed by atoms with Gasteiger partial charge in [-0.05, 0) is 12.5 Å². The Morgan fingerprint density at radius 2 is 1.87 bits per heavy atom. The Kier molecular flexibility index (Phi) is 2.33. The molecule has 0 saturated heterocycles. The molecule has 1 aromatic heterocycles. The van der Waals surface area contributed by atoms with Gasteiger partial charge in [-0.1, -0.05) is 29.8 Å². The van der Waals surface area contributed by atoms with E-state index in [2.05, 4.69) is 36.3 Å². The van der Waals surface area contributed by atoms with E-state index >= 15 is 0 Å². The molecule has 0 bridgehead atoms. The maximum absolute atomic E-state index is 5.76. The Hall–Kier alpha value is -1.97. The third-order valence-corrected chi connectivity index (χ3v) is 2.36. The summed E-state index contributed by atoms with van der Waals surface area (Å²) in [6.07, 6.45) is 1.57. The number of hydrogen-bond donors (Lipinski definition) is 2. The third-order valence-electron chi connectivity index (χ3n) is 2.36. The smallest absolute Gasteiger partial charge is 0.145 e. The van der Waals surface area contributed by atoms with E-state index in [9.17, 15) is 0 Å². The van der Waals surface area contributed by atoms with Gasteiger partial charge in [-0.3, -0.25) is 0 Å². The molecule has 15 heavy (non-hydrogen) atoms. The molecule has 2 rings (SSSR count). The first-order valence-electron chi connectivity index (χ1n) is 4.79. The Morgan fingerprint density at radius 1 is 1.20 bits per heavy atom. The van der Waals surface area contributed by atoms with E-state index in [4.69, 9.17) is 11.5 Å². The fourth-order valence-electron chi connectivity index (χ4n) is 1.40. The molecule has 0 amide bonds. The summed E-state index contributed by atoms with van der Waals surface area (Å²) in [7, 11) is 0. The van der Waals surface area contributed by atoms with Gasteiger partial charge in [0.15, 0.2) is 0 Å². The minimum Gasteiger partial charge on any atom is -0.394 e. The van der Waals surface area contributed by atoms with Crippen molar-refractivity contribution in [3.05, 3.63) is 41.6 Å². The zero-order valence-electron chi connectivity index (χ0n) is 8.64. The van der Waals surface area contributed by atoms with Crippen LogP contribution in [0.3, 0.4) is 0 Å². The lowest BCUT2D eigenvalue weighted by Crippen LogP contribution is -2.06. The number of hydrogen-bond acceptors (Lipinski definition) is 3. The summed E-state index contributed by atoms with van der Waals surface area (Å²) in [6.45, 7) is 2.72. The van der Waals surface area contributed by atoms with E-state index < -0.39 is 0 Å². The topological polar surface area (TPSA) is 69.9 Å². The van der Waals surface area contributed by atoms with Crippen LogP contribution in [-0.4, -0.2) is 9.78 Å². The number of anilines is 2. The highest BCUT2D eigenvalue weighted by atomic mass is 15.3. The molecule has 0 unspecified atom stereocenters. The van der Waals surface area contributed by atoms with Crippen molar-refractivity contribution in [2.24, 2.45) is 0 Å². The monoisotopic (exact) mass is 202 g/mol. The van der Waals surface area contributed by atoms with Gasteiger partial charge < -0.3 is 11.5 Å². The normalized spacial score (nSPS) is 10.5. The van der Waals surface area contributed by atoms with E-state index in [1.54, 1.807) is 10.9 Å². The predicted octanol–water partition coefficient (Wildman–Crippen LogP) is 1.40. The van der Waals surface area contributed by atoms with Crippen LogP contribution in [0.1, 0.15) is 11.1 Å². The van der Waals surface area contributed by atoms with Crippen LogP contribution >= 0.6 is 0 Å². The predicted molar refractivity (Wildman–Crippen MR) is 61.3 cm³/mol. The average Bonchev–Trinajstić information content (AvgIpc) is 2.53. The molecule has 1 aromatic carbocycles. The van der Waals surface area contributed by atoms with Crippen molar-refractivity contribution in [3.8, 4) is 0 Å². The highest BCUT2D eigenvalue weighted by molar-refractivity contribution is 5.57. The van der Waals surface area contributed by atoms with E-state index in [1.807, 2.05) is 0 Å². The van der Waals surface area contributed by atoms with E-state index in [0.717, 1.165) is 5.56 Å². The number of nitrogens with zero attached hydrogens (tertiary/aromatic N) is 2. The van der Waals surface area contributed by atoms with Crippen LogP contribution in [0.2, 0.25) is 0 Å². The summed E-state index contributed by atoms with van der Waals surface area (Å²) >= 11 is 0. The maximum Gasteiger partial charge on any atom is 0.145 e. The van der Waals surface area contributed by atoms with Crippen LogP contribution < -0.4 is 11.5 Å². The number of nitrogens with two attached hydrogens (primary N) is 2. The lowest BCUT2D eigenvalue weighted by Gasteiger charge is -2.04. The number of rotatable bonds is 2. The van der Waals surface area contributed by atoms with Gasteiger partial charge in [0.05, 0.1) is 18.4 Å². The van der Waals surface area contributed by atoms with Gasteiger partial charge in [-0.25, -0.2) is 4.68 Å². The summed E-state index contributed by atoms with van der Waals surface area (Å²) < 4.78 is 1.69. The highest BCUT2D eigenvalue weighted by Crippen LogP contribution is 2.14. The molecule has 0 aliphatic carbocycles. The Balaban J connectivity index is 2.22. The van der Waals surface area contributed by atoms with Crippen molar-refractivity contribution >= 4 is 11.5 Å². The lowest BCUT2D eigenvalue weighted by atomic mass is 10.1. The van der Waals surface area contributed by atoms with E-state index in [0.29, 0.717) is 18.1 Å². The zero-order chi connectivity index (χ0) is 10.8. The summed E-state index contributed by atoms with van der Waals surface area (Å²) in [5, 5.41) is 4.10. The number of aryl methyl sites for hydroxylation is 1. The fourth-order valence-corrected chi connectivity index (χ4v) is 1.40. The van der Waals surface area contributed by atoms with Gasteiger partial charge in [-0.15, -0.1) is 0 Å². The molecule has 78 valence electrons. The standard InChI is InChI=1S/C11H14N4/c1-8-2-4-9(5-3-8)7-15-11(13)10(12)6-14-15/h2-6H,7,12-13H2,1H3. The first kappa shape index (κ1) is 9.58. The Bertz CT molecular complexity index is 456. The minimum atomic E-state index is 0.524. The molecule has 1 heterocycles. The average molecular weight is 202 g/mol. The van der Waals surface area contributed by atoms with Crippen molar-refractivity contribution in [1.29, 1.82) is 0 Å². The van der Waals surface area contributed by atoms with Gasteiger partial charge >= 0.3 is 0 Å². The molecule has 4 N–H and O–H groups in total. The number of nitrogen functional groups attached to an aromatic ring is 2. The summed E-state index contributed by atoms with van der Waals surface area (Å²) in [5.41, 5.74) is 14.3. The molecular weight excluding hydrogens is 188 g/mol. The molecule has 0 atom stereocenters. The Morgan fingerprint density at radius 3 is 2.40 bits per heavy atom. The summed E-state index contributed by atoms with van der Waals surface area (Å²) in [5.74, 6) is 0.524. The van der Waals surface area contributed by atoms with Crippen molar-refractivity contribution in [1.82, 2.24) is 9.78 Å². The number of benzene rings is 1. The molecule has 4 nitrogen and oxygen atoms in total. The van der Waals surface area contributed by atoms with Crippen LogP contribution in [0.25, 0.3) is 0 Å². The molecule has 0 saturated carbocycles. The second kappa shape index (κ2) is 3.65. The molecule has 0 aliphatic rings. The van der Waals surface area contributed by atoms with Crippen LogP contribution in [0.4, 0.5) is 11.5 Å². The fraction of sp³-hybridized carbons (Fsp3) is 0.182. The molecule has 4 heteroatoms. The highest BCUT2D eigenvalue weighted by Gasteiger charge is 2.03. The molecule has 2 aromatic rings. The molecule has 0 fully saturated rings. The van der Waals surface area contributed by atoms with Gasteiger partial charge in [-0.2, -0.15) is 5.10 Å². The second-order valence-corrected chi connectivity index (χ2v) is 3.63. The third kappa shape index (κ3) is 1.93. The maximum atomic E-state index is 5.76. The lowest BCUT2D eigenvalue weighted by molar-refractivity contribution is 0.697. The summed E-state index contributed by atoms with van der Waals surface area (Å²) in [4.78, 5) is 0. The number of aromatic nitrogens is 2. The van der Waals surface area contributed by atoms with Gasteiger partial charge in [0, 0.05) is 0 Å². The van der Waals surface area contributed by atoms with Crippen molar-refractivity contribution in [2.75, 3.05) is 11.5 Å². The quantitative estimate of drug-likeness (QED) is 0.773. The van der Waals surface area contributed by atoms with E-state index in [-0.39, 0.29) is 0 Å². The largest absolute Gasteiger partial charge is 0.394 e. The van der Waals surface area contributed by atoms with Gasteiger partial charge in [0.1, 0.15) is 5.82 Å². The van der Waals surface area contributed by atoms with Crippen molar-refractivity contribution in [2.45, 2.75) is 13.5 Å². The van der Waals surface area contributed by atoms with Gasteiger partial charge in [0.25, 0.3) is 0 Å². The van der Waals surface area contributed by atoms with Crippen LogP contribution in [0.5, 0.6) is 0 Å². The van der Waals surface area contributed by atoms with Gasteiger partial charge in [0.2, 0.25) is 0 Å². The first-order chi connectivity index (χ1) is 7.16. The molecule has 0 aliphatic heterocycles. The SMILES string of the molecule is Cc1ccc(Cn2ncc(N)c2N)cc1. The van der Waals surface area contributed by atoms with Crippen molar-refractivity contribution < 1.29 is 0 Å². The zero-order valence-corrected chi connectivity index (χ0v) is 8.64. The minimum absolute atomic E-state index is 0.524. The molecule has 0 spiro atoms. The first-order valence-corrected chi connectivity index (χ1v) is 4.79. The Labute approximate surface area is 88.5 Å². The molecule has 0 radical (unpaired) electrons. The van der Waals surface area contributed by atoms with Crippen molar-refractivity contribution in [3.63, 3.8) is 0 Å². The van der Waals surface area contributed by atoms with E-state index in [1.165, 1.54) is 5.56 Å².